The molecule has 2 amide bonds. The molecule has 240 valence electrons. The van der Waals surface area contributed by atoms with Crippen LogP contribution in [-0.2, 0) is 33.6 Å². The summed E-state index contributed by atoms with van der Waals surface area (Å²) in [4.78, 5) is 37.5. The van der Waals surface area contributed by atoms with Crippen LogP contribution in [0.15, 0.2) is 78.9 Å². The molecule has 0 aromatic heterocycles. The lowest BCUT2D eigenvalue weighted by Crippen LogP contribution is -2.48. The molecule has 0 heterocycles. The summed E-state index contributed by atoms with van der Waals surface area (Å²) in [6, 6.07) is 22.4. The number of amides is 2. The number of hydrogen-bond donors (Lipinski definition) is 5. The molecule has 0 aliphatic heterocycles. The van der Waals surface area contributed by atoms with Gasteiger partial charge in [-0.2, -0.15) is 0 Å². The third-order valence-corrected chi connectivity index (χ3v) is 7.63. The molecule has 1 aliphatic carbocycles. The average Bonchev–Trinajstić information content (AvgIpc) is 3.30. The molecule has 5 N–H and O–H groups in total. The smallest absolute Gasteiger partial charge is 0.407 e. The number of carbonyl (C=O) groups excluding carboxylic acids is 2. The van der Waals surface area contributed by atoms with Gasteiger partial charge in [0.2, 0.25) is 5.91 Å². The number of carboxylic acid groups (broad SMARTS) is 1. The van der Waals surface area contributed by atoms with Gasteiger partial charge in [0.1, 0.15) is 11.4 Å². The fourth-order valence-corrected chi connectivity index (χ4v) is 5.52. The van der Waals surface area contributed by atoms with Crippen molar-refractivity contribution in [1.82, 2.24) is 10.6 Å². The molecule has 0 radical (unpaired) electrons. The van der Waals surface area contributed by atoms with Crippen molar-refractivity contribution >= 4 is 18.0 Å². The number of carboxylic acids is 1. The van der Waals surface area contributed by atoms with Crippen molar-refractivity contribution in [3.63, 3.8) is 0 Å². The van der Waals surface area contributed by atoms with Crippen LogP contribution in [0.2, 0.25) is 0 Å². The highest BCUT2D eigenvalue weighted by Crippen LogP contribution is 2.32. The zero-order chi connectivity index (χ0) is 32.6. The SMILES string of the molecule is CC(C)(C)OC(=O)N[C@@H](Cc1ccccc1)[C@@H](O)C[C@H](Cc1ccc(OCC(=O)O)cc1)C(=O)N[C@H]1c2ccccc2C[C@H]1O. The molecule has 3 aromatic rings. The van der Waals surface area contributed by atoms with E-state index in [4.69, 9.17) is 14.6 Å². The van der Waals surface area contributed by atoms with Crippen LogP contribution < -0.4 is 15.4 Å². The Morgan fingerprint density at radius 1 is 0.911 bits per heavy atom. The Morgan fingerprint density at radius 2 is 1.56 bits per heavy atom. The van der Waals surface area contributed by atoms with Gasteiger partial charge in [-0.25, -0.2) is 9.59 Å². The molecule has 1 aliphatic rings. The second-order valence-corrected chi connectivity index (χ2v) is 12.4. The zero-order valence-electron chi connectivity index (χ0n) is 25.8. The molecule has 0 spiro atoms. The summed E-state index contributed by atoms with van der Waals surface area (Å²) in [5, 5.41) is 37.1. The number of rotatable bonds is 13. The van der Waals surface area contributed by atoms with Crippen LogP contribution in [0.25, 0.3) is 0 Å². The number of benzene rings is 3. The second-order valence-electron chi connectivity index (χ2n) is 12.4. The molecule has 0 unspecified atom stereocenters. The molecular formula is C35H42N2O8. The quantitative estimate of drug-likeness (QED) is 0.193. The molecular weight excluding hydrogens is 576 g/mol. The van der Waals surface area contributed by atoms with E-state index in [0.717, 1.165) is 22.3 Å². The van der Waals surface area contributed by atoms with E-state index < -0.39 is 54.5 Å². The maximum atomic E-state index is 13.9. The van der Waals surface area contributed by atoms with Gasteiger partial charge in [-0.15, -0.1) is 0 Å². The van der Waals surface area contributed by atoms with Crippen LogP contribution in [0.1, 0.15) is 55.5 Å². The van der Waals surface area contributed by atoms with Gasteiger partial charge < -0.3 is 35.4 Å². The summed E-state index contributed by atoms with van der Waals surface area (Å²) in [5.74, 6) is -1.82. The molecule has 45 heavy (non-hydrogen) atoms. The lowest BCUT2D eigenvalue weighted by atomic mass is 9.88. The van der Waals surface area contributed by atoms with E-state index in [9.17, 15) is 24.6 Å². The minimum atomic E-state index is -1.13. The first kappa shape index (κ1) is 33.5. The Kier molecular flexibility index (Phi) is 11.2. The van der Waals surface area contributed by atoms with E-state index in [1.807, 2.05) is 54.6 Å². The highest BCUT2D eigenvalue weighted by Gasteiger charge is 2.35. The van der Waals surface area contributed by atoms with E-state index in [2.05, 4.69) is 10.6 Å². The highest BCUT2D eigenvalue weighted by molar-refractivity contribution is 5.80. The zero-order valence-corrected chi connectivity index (χ0v) is 25.8. The van der Waals surface area contributed by atoms with Gasteiger partial charge in [0.05, 0.1) is 24.3 Å². The maximum Gasteiger partial charge on any atom is 0.407 e. The predicted molar refractivity (Wildman–Crippen MR) is 168 cm³/mol. The number of aliphatic carboxylic acids is 1. The first-order valence-electron chi connectivity index (χ1n) is 15.1. The minimum absolute atomic E-state index is 0.000852. The van der Waals surface area contributed by atoms with Gasteiger partial charge in [-0.1, -0.05) is 66.7 Å². The van der Waals surface area contributed by atoms with E-state index in [1.54, 1.807) is 45.0 Å². The van der Waals surface area contributed by atoms with Gasteiger partial charge in [0.25, 0.3) is 0 Å². The van der Waals surface area contributed by atoms with Crippen LogP contribution >= 0.6 is 0 Å². The number of hydrogen-bond acceptors (Lipinski definition) is 7. The van der Waals surface area contributed by atoms with Gasteiger partial charge in [-0.3, -0.25) is 4.79 Å². The summed E-state index contributed by atoms with van der Waals surface area (Å²) >= 11 is 0. The number of alkyl carbamates (subject to hydrolysis) is 1. The van der Waals surface area contributed by atoms with E-state index in [0.29, 0.717) is 18.6 Å². The summed E-state index contributed by atoms with van der Waals surface area (Å²) in [6.45, 7) is 4.78. The van der Waals surface area contributed by atoms with Crippen LogP contribution in [0.3, 0.4) is 0 Å². The largest absolute Gasteiger partial charge is 0.482 e. The standard InChI is InChI=1S/C35H42N2O8/c1-35(2,3)45-34(43)36-28(18-22-9-5-4-6-10-22)29(38)20-25(17-23-13-15-26(16-14-23)44-21-31(40)41)33(42)37-32-27-12-8-7-11-24(27)19-30(32)39/h4-16,25,28-30,32,38-39H,17-21H2,1-3H3,(H,36,43)(H,37,42)(H,40,41)/t25-,28-,29-,30+,32-/m0/s1. The fraction of sp³-hybridized carbons (Fsp3) is 0.400. The normalized spacial score (nSPS) is 17.8. The Balaban J connectivity index is 1.56. The number of aliphatic hydroxyl groups excluding tert-OH is 2. The summed E-state index contributed by atoms with van der Waals surface area (Å²) in [7, 11) is 0. The molecule has 4 rings (SSSR count). The maximum absolute atomic E-state index is 13.9. The molecule has 10 nitrogen and oxygen atoms in total. The number of fused-ring (bicyclic) bond motifs is 1. The lowest BCUT2D eigenvalue weighted by Gasteiger charge is -2.29. The fourth-order valence-electron chi connectivity index (χ4n) is 5.52. The van der Waals surface area contributed by atoms with Crippen LogP contribution in [0.5, 0.6) is 5.75 Å². The molecule has 3 aromatic carbocycles. The molecule has 5 atom stereocenters. The Bertz CT molecular complexity index is 1440. The van der Waals surface area contributed by atoms with Crippen molar-refractivity contribution in [2.45, 2.75) is 76.3 Å². The minimum Gasteiger partial charge on any atom is -0.482 e. The predicted octanol–water partition coefficient (Wildman–Crippen LogP) is 3.97. The van der Waals surface area contributed by atoms with E-state index >= 15 is 0 Å². The van der Waals surface area contributed by atoms with Crippen molar-refractivity contribution in [2.24, 2.45) is 5.92 Å². The first-order chi connectivity index (χ1) is 21.4. The van der Waals surface area contributed by atoms with Gasteiger partial charge >= 0.3 is 12.1 Å². The van der Waals surface area contributed by atoms with Crippen molar-refractivity contribution in [2.75, 3.05) is 6.61 Å². The van der Waals surface area contributed by atoms with Crippen LogP contribution in [0.4, 0.5) is 4.79 Å². The second kappa shape index (κ2) is 15.0. The number of ether oxygens (including phenoxy) is 2. The van der Waals surface area contributed by atoms with Crippen molar-refractivity contribution in [3.8, 4) is 5.75 Å². The monoisotopic (exact) mass is 618 g/mol. The number of aliphatic hydroxyl groups is 2. The van der Waals surface area contributed by atoms with Crippen molar-refractivity contribution < 1.29 is 39.2 Å². The average molecular weight is 619 g/mol. The highest BCUT2D eigenvalue weighted by atomic mass is 16.6. The van der Waals surface area contributed by atoms with Crippen molar-refractivity contribution in [3.05, 3.63) is 101 Å². The number of nitrogens with one attached hydrogen (secondary N) is 2. The summed E-state index contributed by atoms with van der Waals surface area (Å²) < 4.78 is 10.7. The lowest BCUT2D eigenvalue weighted by molar-refractivity contribution is -0.139. The third-order valence-electron chi connectivity index (χ3n) is 7.63. The summed E-state index contributed by atoms with van der Waals surface area (Å²) in [6.07, 6.45) is -1.64. The number of carbonyl (C=O) groups is 3. The third kappa shape index (κ3) is 10.1. The Morgan fingerprint density at radius 3 is 2.22 bits per heavy atom. The van der Waals surface area contributed by atoms with Gasteiger partial charge in [0.15, 0.2) is 6.61 Å². The molecule has 10 heteroatoms. The molecule has 0 saturated carbocycles. The van der Waals surface area contributed by atoms with Gasteiger partial charge in [0, 0.05) is 12.3 Å². The topological polar surface area (TPSA) is 154 Å². The van der Waals surface area contributed by atoms with Crippen molar-refractivity contribution in [1.29, 1.82) is 0 Å². The molecule has 0 saturated heterocycles. The summed E-state index contributed by atoms with van der Waals surface area (Å²) in [5.41, 5.74) is 2.73. The Hall–Kier alpha value is -4.41. The van der Waals surface area contributed by atoms with Gasteiger partial charge in [-0.05, 0) is 74.4 Å². The van der Waals surface area contributed by atoms with E-state index in [-0.39, 0.29) is 18.7 Å². The van der Waals surface area contributed by atoms with Crippen LogP contribution in [0, 0.1) is 5.92 Å². The molecule has 0 fully saturated rings. The van der Waals surface area contributed by atoms with Crippen LogP contribution in [-0.4, -0.2) is 63.7 Å². The Labute approximate surface area is 263 Å². The molecule has 0 bridgehead atoms. The first-order valence-corrected chi connectivity index (χ1v) is 15.1. The van der Waals surface area contributed by atoms with E-state index in [1.165, 1.54) is 0 Å².